The monoisotopic (exact) mass is 392 g/mol. The SMILES string of the molecule is O=C1c2ccccc2C(=O)N1C/C(=C\F)Cn1ncc2c(=O)n(C3CC3)ccc21. The number of carbonyl (C=O) groups excluding carboxylic acids is 2. The lowest BCUT2D eigenvalue weighted by molar-refractivity contribution is 0.0666. The van der Waals surface area contributed by atoms with Crippen LogP contribution in [0.3, 0.4) is 0 Å². The fourth-order valence-electron chi connectivity index (χ4n) is 3.76. The summed E-state index contributed by atoms with van der Waals surface area (Å²) >= 11 is 0. The van der Waals surface area contributed by atoms with Gasteiger partial charge in [-0.05, 0) is 36.6 Å². The molecule has 5 rings (SSSR count). The summed E-state index contributed by atoms with van der Waals surface area (Å²) in [6, 6.07) is 8.58. The Labute approximate surface area is 164 Å². The molecule has 0 N–H and O–H groups in total. The van der Waals surface area contributed by atoms with Gasteiger partial charge in [-0.15, -0.1) is 0 Å². The molecule has 0 bridgehead atoms. The molecule has 2 amide bonds. The van der Waals surface area contributed by atoms with E-state index in [0.717, 1.165) is 17.7 Å². The Bertz CT molecular complexity index is 1220. The third-order valence-corrected chi connectivity index (χ3v) is 5.42. The molecule has 2 aromatic heterocycles. The smallest absolute Gasteiger partial charge is 0.261 e. The lowest BCUT2D eigenvalue weighted by atomic mass is 10.1. The van der Waals surface area contributed by atoms with Gasteiger partial charge in [0, 0.05) is 12.2 Å². The summed E-state index contributed by atoms with van der Waals surface area (Å²) in [5, 5.41) is 4.70. The molecule has 1 aliphatic heterocycles. The number of rotatable bonds is 5. The summed E-state index contributed by atoms with van der Waals surface area (Å²) in [7, 11) is 0. The van der Waals surface area contributed by atoms with Crippen molar-refractivity contribution in [2.75, 3.05) is 6.54 Å². The average molecular weight is 392 g/mol. The number of aromatic nitrogens is 3. The second-order valence-corrected chi connectivity index (χ2v) is 7.37. The van der Waals surface area contributed by atoms with E-state index in [9.17, 15) is 18.8 Å². The predicted octanol–water partition coefficient (Wildman–Crippen LogP) is 2.68. The van der Waals surface area contributed by atoms with Crippen LogP contribution in [0.1, 0.15) is 39.6 Å². The zero-order chi connectivity index (χ0) is 20.1. The van der Waals surface area contributed by atoms with Crippen LogP contribution in [0.15, 0.2) is 59.4 Å². The van der Waals surface area contributed by atoms with Gasteiger partial charge in [0.1, 0.15) is 0 Å². The highest BCUT2D eigenvalue weighted by Crippen LogP contribution is 2.33. The highest BCUT2D eigenvalue weighted by atomic mass is 19.1. The molecular weight excluding hydrogens is 375 g/mol. The Morgan fingerprint density at radius 1 is 1.07 bits per heavy atom. The molecule has 1 aliphatic carbocycles. The van der Waals surface area contributed by atoms with E-state index >= 15 is 0 Å². The number of carbonyl (C=O) groups is 2. The molecule has 29 heavy (non-hydrogen) atoms. The molecule has 1 aromatic carbocycles. The molecule has 0 saturated heterocycles. The normalized spacial score (nSPS) is 16.7. The first-order chi connectivity index (χ1) is 14.1. The summed E-state index contributed by atoms with van der Waals surface area (Å²) in [4.78, 5) is 38.7. The lowest BCUT2D eigenvalue weighted by Crippen LogP contribution is -2.32. The van der Waals surface area contributed by atoms with Gasteiger partial charge < -0.3 is 4.57 Å². The lowest BCUT2D eigenvalue weighted by Gasteiger charge is -2.16. The van der Waals surface area contributed by atoms with Crippen molar-refractivity contribution < 1.29 is 14.0 Å². The number of fused-ring (bicyclic) bond motifs is 2. The summed E-state index contributed by atoms with van der Waals surface area (Å²) in [5.41, 5.74) is 1.33. The van der Waals surface area contributed by atoms with Gasteiger partial charge in [0.2, 0.25) is 0 Å². The van der Waals surface area contributed by atoms with Crippen molar-refractivity contribution in [1.29, 1.82) is 0 Å². The minimum absolute atomic E-state index is 0.0281. The van der Waals surface area contributed by atoms with Crippen molar-refractivity contribution in [3.05, 3.63) is 76.1 Å². The fraction of sp³-hybridized carbons (Fsp3) is 0.238. The van der Waals surface area contributed by atoms with Crippen molar-refractivity contribution in [3.8, 4) is 0 Å². The van der Waals surface area contributed by atoms with Gasteiger partial charge in [-0.25, -0.2) is 4.39 Å². The van der Waals surface area contributed by atoms with Crippen LogP contribution in [0, 0.1) is 0 Å². The number of pyridine rings is 1. The Hall–Kier alpha value is -3.55. The maximum Gasteiger partial charge on any atom is 0.261 e. The molecule has 2 aliphatic rings. The largest absolute Gasteiger partial charge is 0.312 e. The third kappa shape index (κ3) is 2.79. The highest BCUT2D eigenvalue weighted by molar-refractivity contribution is 6.21. The summed E-state index contributed by atoms with van der Waals surface area (Å²) < 4.78 is 16.8. The maximum atomic E-state index is 13.6. The Morgan fingerprint density at radius 3 is 2.38 bits per heavy atom. The molecule has 0 radical (unpaired) electrons. The van der Waals surface area contributed by atoms with E-state index in [4.69, 9.17) is 0 Å². The van der Waals surface area contributed by atoms with Crippen LogP contribution in [-0.4, -0.2) is 37.6 Å². The second-order valence-electron chi connectivity index (χ2n) is 7.37. The zero-order valence-corrected chi connectivity index (χ0v) is 15.4. The van der Waals surface area contributed by atoms with E-state index in [2.05, 4.69) is 5.10 Å². The second kappa shape index (κ2) is 6.51. The van der Waals surface area contributed by atoms with E-state index in [1.165, 1.54) is 10.9 Å². The predicted molar refractivity (Wildman–Crippen MR) is 103 cm³/mol. The van der Waals surface area contributed by atoms with Gasteiger partial charge in [-0.1, -0.05) is 12.1 Å². The quantitative estimate of drug-likeness (QED) is 0.626. The molecular formula is C21H17FN4O3. The first-order valence-corrected chi connectivity index (χ1v) is 9.38. The molecule has 1 fully saturated rings. The van der Waals surface area contributed by atoms with Crippen LogP contribution >= 0.6 is 0 Å². The average Bonchev–Trinajstić information content (AvgIpc) is 3.45. The van der Waals surface area contributed by atoms with Crippen LogP contribution in [0.4, 0.5) is 4.39 Å². The fourth-order valence-corrected chi connectivity index (χ4v) is 3.76. The third-order valence-electron chi connectivity index (χ3n) is 5.42. The van der Waals surface area contributed by atoms with Gasteiger partial charge in [-0.2, -0.15) is 5.10 Å². The summed E-state index contributed by atoms with van der Waals surface area (Å²) in [5.74, 6) is -0.884. The van der Waals surface area contributed by atoms with Crippen LogP contribution < -0.4 is 5.56 Å². The zero-order valence-electron chi connectivity index (χ0n) is 15.4. The van der Waals surface area contributed by atoms with E-state index < -0.39 is 11.8 Å². The molecule has 7 nitrogen and oxygen atoms in total. The number of benzene rings is 1. The summed E-state index contributed by atoms with van der Waals surface area (Å²) in [6.07, 6.45) is 5.60. The van der Waals surface area contributed by atoms with Crippen LogP contribution in [0.2, 0.25) is 0 Å². The number of halogens is 1. The van der Waals surface area contributed by atoms with Crippen molar-refractivity contribution in [2.45, 2.75) is 25.4 Å². The standard InChI is InChI=1S/C21H17FN4O3/c22-9-13(11-25-19(27)15-3-1-2-4-16(15)20(25)28)12-26-18-7-8-24(14-5-6-14)21(29)17(18)10-23-26/h1-4,7-10,14H,5-6,11-12H2/b13-9+. The van der Waals surface area contributed by atoms with Crippen LogP contribution in [-0.2, 0) is 6.54 Å². The highest BCUT2D eigenvalue weighted by Gasteiger charge is 2.35. The molecule has 0 unspecified atom stereocenters. The molecule has 8 heteroatoms. The Kier molecular flexibility index (Phi) is 3.94. The van der Waals surface area contributed by atoms with Crippen LogP contribution in [0.5, 0.6) is 0 Å². The maximum absolute atomic E-state index is 13.6. The van der Waals surface area contributed by atoms with E-state index in [1.54, 1.807) is 41.1 Å². The topological polar surface area (TPSA) is 77.2 Å². The first-order valence-electron chi connectivity index (χ1n) is 9.38. The molecule has 146 valence electrons. The number of hydrogen-bond acceptors (Lipinski definition) is 4. The molecule has 3 aromatic rings. The molecule has 1 saturated carbocycles. The van der Waals surface area contributed by atoms with Crippen LogP contribution in [0.25, 0.3) is 10.9 Å². The van der Waals surface area contributed by atoms with Gasteiger partial charge in [0.15, 0.2) is 0 Å². The van der Waals surface area contributed by atoms with E-state index in [-0.39, 0.29) is 30.3 Å². The van der Waals surface area contributed by atoms with Gasteiger partial charge >= 0.3 is 0 Å². The first kappa shape index (κ1) is 17.5. The Morgan fingerprint density at radius 2 is 1.76 bits per heavy atom. The minimum Gasteiger partial charge on any atom is -0.312 e. The van der Waals surface area contributed by atoms with Crippen molar-refractivity contribution in [3.63, 3.8) is 0 Å². The van der Waals surface area contributed by atoms with Gasteiger partial charge in [-0.3, -0.25) is 24.0 Å². The summed E-state index contributed by atoms with van der Waals surface area (Å²) in [6.45, 7) is -0.149. The van der Waals surface area contributed by atoms with Crippen molar-refractivity contribution >= 4 is 22.7 Å². The number of imide groups is 1. The van der Waals surface area contributed by atoms with Gasteiger partial charge in [0.05, 0.1) is 47.6 Å². The number of amides is 2. The molecule has 0 atom stereocenters. The van der Waals surface area contributed by atoms with E-state index in [0.29, 0.717) is 28.4 Å². The molecule has 0 spiro atoms. The van der Waals surface area contributed by atoms with Gasteiger partial charge in [0.25, 0.3) is 17.4 Å². The number of hydrogen-bond donors (Lipinski definition) is 0. The minimum atomic E-state index is -0.442. The van der Waals surface area contributed by atoms with Crippen molar-refractivity contribution in [2.24, 2.45) is 0 Å². The Balaban J connectivity index is 1.40. The number of nitrogens with zero attached hydrogens (tertiary/aromatic N) is 4. The van der Waals surface area contributed by atoms with E-state index in [1.807, 2.05) is 0 Å². The molecule has 3 heterocycles. The van der Waals surface area contributed by atoms with Crippen molar-refractivity contribution in [1.82, 2.24) is 19.2 Å².